The van der Waals surface area contributed by atoms with Crippen LogP contribution in [0.15, 0.2) is 36.5 Å². The monoisotopic (exact) mass is 336 g/mol. The van der Waals surface area contributed by atoms with Crippen LogP contribution >= 0.6 is 34.8 Å². The molecule has 0 aliphatic carbocycles. The van der Waals surface area contributed by atoms with Gasteiger partial charge < -0.3 is 10.1 Å². The molecule has 1 aromatic rings. The van der Waals surface area contributed by atoms with Crippen LogP contribution in [0.5, 0.6) is 0 Å². The second-order valence-electron chi connectivity index (χ2n) is 3.68. The zero-order valence-electron chi connectivity index (χ0n) is 10.4. The van der Waals surface area contributed by atoms with Crippen molar-refractivity contribution in [2.75, 3.05) is 7.11 Å². The Morgan fingerprint density at radius 2 is 2.05 bits per heavy atom. The van der Waals surface area contributed by atoms with Crippen LogP contribution in [-0.2, 0) is 14.3 Å². The predicted molar refractivity (Wildman–Crippen MR) is 76.6 cm³/mol. The van der Waals surface area contributed by atoms with Crippen molar-refractivity contribution in [3.05, 3.63) is 42.2 Å². The van der Waals surface area contributed by atoms with Crippen molar-refractivity contribution in [3.8, 4) is 0 Å². The van der Waals surface area contributed by atoms with Gasteiger partial charge in [0.2, 0.25) is 0 Å². The number of aromatic nitrogens is 1. The fourth-order valence-electron chi connectivity index (χ4n) is 1.35. The van der Waals surface area contributed by atoms with Crippen LogP contribution in [0.25, 0.3) is 0 Å². The lowest BCUT2D eigenvalue weighted by molar-refractivity contribution is -0.136. The molecular formula is C12H11Cl3N2O3. The van der Waals surface area contributed by atoms with E-state index in [4.69, 9.17) is 34.8 Å². The smallest absolute Gasteiger partial charge is 0.335 e. The molecular weight excluding hydrogens is 327 g/mol. The number of ether oxygens (including phenoxy) is 1. The van der Waals surface area contributed by atoms with Crippen LogP contribution in [0.1, 0.15) is 11.7 Å². The molecule has 0 aliphatic rings. The third-order valence-electron chi connectivity index (χ3n) is 2.31. The molecule has 0 unspecified atom stereocenters. The third kappa shape index (κ3) is 4.37. The lowest BCUT2D eigenvalue weighted by Gasteiger charge is -2.21. The Morgan fingerprint density at radius 3 is 2.50 bits per heavy atom. The molecule has 1 amide bonds. The summed E-state index contributed by atoms with van der Waals surface area (Å²) in [6.45, 7) is 3.58. The molecule has 0 saturated carbocycles. The molecule has 1 rings (SSSR count). The average molecular weight is 338 g/mol. The summed E-state index contributed by atoms with van der Waals surface area (Å²) in [5, 5.41) is 2.39. The molecule has 1 aromatic heterocycles. The van der Waals surface area contributed by atoms with Gasteiger partial charge in [0.25, 0.3) is 9.70 Å². The number of hydrogen-bond acceptors (Lipinski definition) is 4. The molecule has 5 nitrogen and oxygen atoms in total. The Bertz CT molecular complexity index is 514. The summed E-state index contributed by atoms with van der Waals surface area (Å²) in [5.74, 6) is -1.60. The number of methoxy groups -OCH3 is 1. The first kappa shape index (κ1) is 16.8. The fourth-order valence-corrected chi connectivity index (χ4v) is 1.51. The minimum atomic E-state index is -2.16. The van der Waals surface area contributed by atoms with E-state index in [1.807, 2.05) is 0 Å². The van der Waals surface area contributed by atoms with Crippen molar-refractivity contribution < 1.29 is 14.3 Å². The summed E-state index contributed by atoms with van der Waals surface area (Å²) in [4.78, 5) is 27.3. The Morgan fingerprint density at radius 1 is 1.40 bits per heavy atom. The van der Waals surface area contributed by atoms with Crippen LogP contribution in [0.4, 0.5) is 0 Å². The van der Waals surface area contributed by atoms with Crippen LogP contribution in [0.3, 0.4) is 0 Å². The maximum atomic E-state index is 11.7. The summed E-state index contributed by atoms with van der Waals surface area (Å²) in [6.07, 6.45) is 1.49. The number of nitrogens with zero attached hydrogens (tertiary/aromatic N) is 1. The van der Waals surface area contributed by atoms with E-state index in [0.29, 0.717) is 5.69 Å². The molecule has 0 spiro atoms. The Hall–Kier alpha value is -1.30. The fraction of sp³-hybridized carbons (Fsp3) is 0.250. The van der Waals surface area contributed by atoms with Gasteiger partial charge in [0, 0.05) is 6.20 Å². The number of pyridine rings is 1. The quantitative estimate of drug-likeness (QED) is 0.520. The first-order chi connectivity index (χ1) is 9.27. The Kier molecular flexibility index (Phi) is 5.80. The van der Waals surface area contributed by atoms with E-state index in [1.54, 1.807) is 18.2 Å². The van der Waals surface area contributed by atoms with Crippen LogP contribution in [-0.4, -0.2) is 27.8 Å². The van der Waals surface area contributed by atoms with Gasteiger partial charge in [-0.25, -0.2) is 4.79 Å². The predicted octanol–water partition coefficient (Wildman–Crippen LogP) is 2.34. The topological polar surface area (TPSA) is 68.3 Å². The zero-order chi connectivity index (χ0) is 15.3. The highest BCUT2D eigenvalue weighted by Gasteiger charge is 2.34. The molecule has 0 radical (unpaired) electrons. The highest BCUT2D eigenvalue weighted by molar-refractivity contribution is 6.76. The standard InChI is InChI=1S/C12H11Cl3N2O3/c1-7(10(18)20-2)9(8-5-3-4-6-16-8)17-11(19)12(13,14)15/h3-6,9H,1H2,2H3,(H,17,19)/t9-/m1/s1. The van der Waals surface area contributed by atoms with E-state index >= 15 is 0 Å². The van der Waals surface area contributed by atoms with Crippen LogP contribution < -0.4 is 5.32 Å². The van der Waals surface area contributed by atoms with E-state index < -0.39 is 21.7 Å². The number of halogens is 3. The molecule has 1 atom stereocenters. The second kappa shape index (κ2) is 6.92. The maximum absolute atomic E-state index is 11.7. The van der Waals surface area contributed by atoms with Gasteiger partial charge in [-0.15, -0.1) is 0 Å². The van der Waals surface area contributed by atoms with Crippen molar-refractivity contribution in [2.24, 2.45) is 0 Å². The number of alkyl halides is 3. The van der Waals surface area contributed by atoms with Crippen LogP contribution in [0.2, 0.25) is 0 Å². The minimum absolute atomic E-state index is 0.0335. The van der Waals surface area contributed by atoms with E-state index in [2.05, 4.69) is 21.6 Å². The first-order valence-corrected chi connectivity index (χ1v) is 6.46. The number of nitrogens with one attached hydrogen (secondary N) is 1. The highest BCUT2D eigenvalue weighted by atomic mass is 35.6. The summed E-state index contributed by atoms with van der Waals surface area (Å²) < 4.78 is 2.40. The van der Waals surface area contributed by atoms with Crippen molar-refractivity contribution >= 4 is 46.7 Å². The maximum Gasteiger partial charge on any atom is 0.335 e. The van der Waals surface area contributed by atoms with Gasteiger partial charge in [0.15, 0.2) is 0 Å². The van der Waals surface area contributed by atoms with E-state index in [9.17, 15) is 9.59 Å². The van der Waals surface area contributed by atoms with Gasteiger partial charge >= 0.3 is 5.97 Å². The van der Waals surface area contributed by atoms with Gasteiger partial charge in [0.05, 0.1) is 18.4 Å². The van der Waals surface area contributed by atoms with Crippen molar-refractivity contribution in [1.82, 2.24) is 10.3 Å². The Labute approximate surface area is 130 Å². The van der Waals surface area contributed by atoms with Crippen molar-refractivity contribution in [2.45, 2.75) is 9.83 Å². The van der Waals surface area contributed by atoms with Gasteiger partial charge in [0.1, 0.15) is 6.04 Å². The third-order valence-corrected chi connectivity index (χ3v) is 2.83. The lowest BCUT2D eigenvalue weighted by atomic mass is 10.0. The summed E-state index contributed by atoms with van der Waals surface area (Å²) in [6, 6.07) is 4.00. The largest absolute Gasteiger partial charge is 0.466 e. The number of carbonyl (C=O) groups excluding carboxylic acids is 2. The molecule has 20 heavy (non-hydrogen) atoms. The molecule has 8 heteroatoms. The van der Waals surface area contributed by atoms with Gasteiger partial charge in [-0.2, -0.15) is 0 Å². The average Bonchev–Trinajstić information content (AvgIpc) is 2.42. The molecule has 1 heterocycles. The molecule has 0 fully saturated rings. The first-order valence-electron chi connectivity index (χ1n) is 5.33. The minimum Gasteiger partial charge on any atom is -0.466 e. The number of hydrogen-bond donors (Lipinski definition) is 1. The molecule has 1 N–H and O–H groups in total. The molecule has 0 saturated heterocycles. The Balaban J connectivity index is 3.06. The summed E-state index contributed by atoms with van der Waals surface area (Å²) in [7, 11) is 1.19. The van der Waals surface area contributed by atoms with Gasteiger partial charge in [-0.05, 0) is 12.1 Å². The number of rotatable bonds is 4. The molecule has 108 valence electrons. The van der Waals surface area contributed by atoms with Crippen LogP contribution in [0, 0.1) is 0 Å². The van der Waals surface area contributed by atoms with Crippen molar-refractivity contribution in [3.63, 3.8) is 0 Å². The SMILES string of the molecule is C=C(C(=O)OC)[C@@H](NC(=O)C(Cl)(Cl)Cl)c1ccccn1. The zero-order valence-corrected chi connectivity index (χ0v) is 12.7. The molecule has 0 bridgehead atoms. The number of carbonyl (C=O) groups is 2. The van der Waals surface area contributed by atoms with E-state index in [-0.39, 0.29) is 5.57 Å². The number of esters is 1. The second-order valence-corrected chi connectivity index (χ2v) is 5.96. The number of amides is 1. The van der Waals surface area contributed by atoms with E-state index in [1.165, 1.54) is 13.3 Å². The highest BCUT2D eigenvalue weighted by Crippen LogP contribution is 2.28. The molecule has 0 aromatic carbocycles. The lowest BCUT2D eigenvalue weighted by Crippen LogP contribution is -2.39. The van der Waals surface area contributed by atoms with Gasteiger partial charge in [-0.1, -0.05) is 47.4 Å². The van der Waals surface area contributed by atoms with Gasteiger partial charge in [-0.3, -0.25) is 9.78 Å². The summed E-state index contributed by atoms with van der Waals surface area (Å²) >= 11 is 16.5. The normalized spacial score (nSPS) is 12.4. The summed E-state index contributed by atoms with van der Waals surface area (Å²) in [5.41, 5.74) is 0.333. The van der Waals surface area contributed by atoms with Crippen molar-refractivity contribution in [1.29, 1.82) is 0 Å². The van der Waals surface area contributed by atoms with E-state index in [0.717, 1.165) is 0 Å². The molecule has 0 aliphatic heterocycles.